The van der Waals surface area contributed by atoms with E-state index >= 15 is 0 Å². The van der Waals surface area contributed by atoms with Crippen LogP contribution in [0.15, 0.2) is 0 Å². The van der Waals surface area contributed by atoms with E-state index in [1.54, 1.807) is 0 Å². The van der Waals surface area contributed by atoms with E-state index in [-0.39, 0.29) is 0 Å². The average molecular weight is 155 g/mol. The van der Waals surface area contributed by atoms with Crippen molar-refractivity contribution in [1.29, 1.82) is 0 Å². The van der Waals surface area contributed by atoms with E-state index in [0.717, 1.165) is 12.5 Å². The summed E-state index contributed by atoms with van der Waals surface area (Å²) in [5.41, 5.74) is 6.03. The molecule has 1 heterocycles. The van der Waals surface area contributed by atoms with Crippen LogP contribution in [0.4, 0.5) is 0 Å². The van der Waals surface area contributed by atoms with Crippen LogP contribution < -0.4 is 5.73 Å². The van der Waals surface area contributed by atoms with Crippen molar-refractivity contribution in [3.8, 4) is 0 Å². The van der Waals surface area contributed by atoms with Crippen molar-refractivity contribution in [3.63, 3.8) is 0 Å². The Balaban J connectivity index is 1.81. The van der Waals surface area contributed by atoms with Crippen LogP contribution in [-0.4, -0.2) is 18.8 Å². The fraction of sp³-hybridized carbons (Fsp3) is 1.00. The third-order valence-electron chi connectivity index (χ3n) is 2.81. The smallest absolute Gasteiger partial charge is 0.0728 e. The Hall–Kier alpha value is -0.0800. The summed E-state index contributed by atoms with van der Waals surface area (Å²) in [5, 5.41) is 0. The predicted molar refractivity (Wildman–Crippen MR) is 44.3 cm³/mol. The van der Waals surface area contributed by atoms with E-state index in [0.29, 0.717) is 12.1 Å². The van der Waals surface area contributed by atoms with Crippen LogP contribution in [0.5, 0.6) is 0 Å². The molecule has 0 spiro atoms. The molecule has 2 N–H and O–H groups in total. The lowest BCUT2D eigenvalue weighted by atomic mass is 9.99. The highest BCUT2D eigenvalue weighted by Gasteiger charge is 2.34. The molecule has 64 valence electrons. The molecule has 1 saturated carbocycles. The van der Waals surface area contributed by atoms with Crippen LogP contribution in [0.25, 0.3) is 0 Å². The first-order valence-corrected chi connectivity index (χ1v) is 4.75. The maximum atomic E-state index is 6.03. The Bertz CT molecular complexity index is 128. The molecule has 2 heteroatoms. The van der Waals surface area contributed by atoms with Gasteiger partial charge in [0.1, 0.15) is 0 Å². The number of hydrogen-bond donors (Lipinski definition) is 1. The first-order chi connectivity index (χ1) is 5.38. The summed E-state index contributed by atoms with van der Waals surface area (Å²) in [6.45, 7) is 0.936. The first kappa shape index (κ1) is 7.56. The van der Waals surface area contributed by atoms with Gasteiger partial charge in [0.15, 0.2) is 0 Å². The minimum absolute atomic E-state index is 0.343. The number of nitrogens with two attached hydrogens (primary N) is 1. The lowest BCUT2D eigenvalue weighted by Gasteiger charge is -2.27. The third-order valence-corrected chi connectivity index (χ3v) is 2.81. The molecule has 2 atom stereocenters. The zero-order valence-electron chi connectivity index (χ0n) is 6.96. The van der Waals surface area contributed by atoms with E-state index in [2.05, 4.69) is 0 Å². The van der Waals surface area contributed by atoms with Crippen LogP contribution in [0.1, 0.15) is 32.1 Å². The van der Waals surface area contributed by atoms with Crippen molar-refractivity contribution < 1.29 is 4.74 Å². The molecule has 0 amide bonds. The predicted octanol–water partition coefficient (Wildman–Crippen LogP) is 1.29. The van der Waals surface area contributed by atoms with Crippen LogP contribution in [0, 0.1) is 5.92 Å². The van der Waals surface area contributed by atoms with Crippen LogP contribution in [0.2, 0.25) is 0 Å². The monoisotopic (exact) mass is 155 g/mol. The highest BCUT2D eigenvalue weighted by atomic mass is 16.5. The Morgan fingerprint density at radius 2 is 2.00 bits per heavy atom. The van der Waals surface area contributed by atoms with Crippen molar-refractivity contribution in [2.45, 2.75) is 44.2 Å². The lowest BCUT2D eigenvalue weighted by molar-refractivity contribution is -0.00369. The molecule has 0 aromatic rings. The Morgan fingerprint density at radius 3 is 2.55 bits per heavy atom. The van der Waals surface area contributed by atoms with Crippen LogP contribution in [-0.2, 0) is 4.74 Å². The van der Waals surface area contributed by atoms with Gasteiger partial charge in [0.05, 0.1) is 6.10 Å². The molecular weight excluding hydrogens is 138 g/mol. The van der Waals surface area contributed by atoms with Crippen molar-refractivity contribution in [3.05, 3.63) is 0 Å². The van der Waals surface area contributed by atoms with Gasteiger partial charge in [0.25, 0.3) is 0 Å². The molecule has 11 heavy (non-hydrogen) atoms. The van der Waals surface area contributed by atoms with Gasteiger partial charge in [0, 0.05) is 12.6 Å². The van der Waals surface area contributed by atoms with E-state index in [1.807, 2.05) is 0 Å². The Kier molecular flexibility index (Phi) is 2.14. The minimum atomic E-state index is 0.343. The van der Waals surface area contributed by atoms with Gasteiger partial charge >= 0.3 is 0 Å². The maximum Gasteiger partial charge on any atom is 0.0728 e. The summed E-state index contributed by atoms with van der Waals surface area (Å²) in [6.07, 6.45) is 6.79. The fourth-order valence-corrected chi connectivity index (χ4v) is 1.85. The minimum Gasteiger partial charge on any atom is -0.377 e. The normalized spacial score (nSPS) is 35.2. The summed E-state index contributed by atoms with van der Waals surface area (Å²) in [5.74, 6) is 0.790. The van der Waals surface area contributed by atoms with Gasteiger partial charge in [-0.3, -0.25) is 0 Å². The highest BCUT2D eigenvalue weighted by Crippen LogP contribution is 2.35. The number of hydrogen-bond acceptors (Lipinski definition) is 2. The second kappa shape index (κ2) is 3.11. The summed E-state index contributed by atoms with van der Waals surface area (Å²) >= 11 is 0. The zero-order valence-corrected chi connectivity index (χ0v) is 6.96. The highest BCUT2D eigenvalue weighted by molar-refractivity contribution is 4.90. The molecule has 0 radical (unpaired) electrons. The van der Waals surface area contributed by atoms with E-state index in [9.17, 15) is 0 Å². The molecule has 2 rings (SSSR count). The van der Waals surface area contributed by atoms with E-state index < -0.39 is 0 Å². The van der Waals surface area contributed by atoms with Gasteiger partial charge in [-0.2, -0.15) is 0 Å². The SMILES string of the molecule is NC(C1CC1)C1CCCCO1. The molecule has 2 nitrogen and oxygen atoms in total. The van der Waals surface area contributed by atoms with Crippen molar-refractivity contribution in [2.75, 3.05) is 6.61 Å². The second-order valence-electron chi connectivity index (χ2n) is 3.82. The summed E-state index contributed by atoms with van der Waals surface area (Å²) < 4.78 is 5.62. The topological polar surface area (TPSA) is 35.2 Å². The number of rotatable bonds is 2. The fourth-order valence-electron chi connectivity index (χ4n) is 1.85. The molecule has 2 unspecified atom stereocenters. The van der Waals surface area contributed by atoms with Crippen molar-refractivity contribution in [2.24, 2.45) is 11.7 Å². The lowest BCUT2D eigenvalue weighted by Crippen LogP contribution is -2.40. The Morgan fingerprint density at radius 1 is 1.18 bits per heavy atom. The quantitative estimate of drug-likeness (QED) is 0.652. The van der Waals surface area contributed by atoms with Gasteiger partial charge in [0.2, 0.25) is 0 Å². The molecule has 1 aliphatic carbocycles. The van der Waals surface area contributed by atoms with Gasteiger partial charge < -0.3 is 10.5 Å². The molecule has 0 bridgehead atoms. The second-order valence-corrected chi connectivity index (χ2v) is 3.82. The van der Waals surface area contributed by atoms with Gasteiger partial charge in [-0.1, -0.05) is 0 Å². The largest absolute Gasteiger partial charge is 0.377 e. The third kappa shape index (κ3) is 1.74. The molecule has 2 aliphatic rings. The maximum absolute atomic E-state index is 6.03. The van der Waals surface area contributed by atoms with Crippen molar-refractivity contribution in [1.82, 2.24) is 0 Å². The Labute approximate surface area is 68.1 Å². The molecule has 1 aliphatic heterocycles. The summed E-state index contributed by atoms with van der Waals surface area (Å²) in [4.78, 5) is 0. The molecule has 0 aromatic carbocycles. The van der Waals surface area contributed by atoms with E-state index in [4.69, 9.17) is 10.5 Å². The van der Waals surface area contributed by atoms with Crippen LogP contribution in [0.3, 0.4) is 0 Å². The first-order valence-electron chi connectivity index (χ1n) is 4.75. The van der Waals surface area contributed by atoms with Gasteiger partial charge in [-0.05, 0) is 38.0 Å². The summed E-state index contributed by atoms with van der Waals surface area (Å²) in [6, 6.07) is 0.343. The zero-order chi connectivity index (χ0) is 7.68. The standard InChI is InChI=1S/C9H17NO/c10-9(7-4-5-7)8-3-1-2-6-11-8/h7-9H,1-6,10H2. The summed E-state index contributed by atoms with van der Waals surface area (Å²) in [7, 11) is 0. The molecule has 0 aromatic heterocycles. The average Bonchev–Trinajstić information content (AvgIpc) is 2.87. The number of ether oxygens (including phenoxy) is 1. The van der Waals surface area contributed by atoms with Gasteiger partial charge in [-0.15, -0.1) is 0 Å². The molecule has 1 saturated heterocycles. The molecule has 2 fully saturated rings. The van der Waals surface area contributed by atoms with E-state index in [1.165, 1.54) is 32.1 Å². The van der Waals surface area contributed by atoms with Crippen LogP contribution >= 0.6 is 0 Å². The molecular formula is C9H17NO. The van der Waals surface area contributed by atoms with Crippen molar-refractivity contribution >= 4 is 0 Å². The van der Waals surface area contributed by atoms with Gasteiger partial charge in [-0.25, -0.2) is 0 Å².